The predicted molar refractivity (Wildman–Crippen MR) is 160 cm³/mol. The summed E-state index contributed by atoms with van der Waals surface area (Å²) in [7, 11) is 0. The molecule has 0 aliphatic carbocycles. The molecule has 0 spiro atoms. The van der Waals surface area contributed by atoms with Crippen molar-refractivity contribution in [3.8, 4) is 33.8 Å². The van der Waals surface area contributed by atoms with Gasteiger partial charge in [0.1, 0.15) is 17.1 Å². The third kappa shape index (κ3) is 8.62. The van der Waals surface area contributed by atoms with Crippen LogP contribution in [0.2, 0.25) is 0 Å². The van der Waals surface area contributed by atoms with Crippen LogP contribution in [0.25, 0.3) is 54.7 Å². The van der Waals surface area contributed by atoms with Crippen LogP contribution in [0.1, 0.15) is 31.7 Å². The Hall–Kier alpha value is -7.28. The number of carboxylic acids is 1. The third-order valence-corrected chi connectivity index (χ3v) is 5.64. The zero-order chi connectivity index (χ0) is 32.7. The van der Waals surface area contributed by atoms with Crippen LogP contribution in [0.15, 0.2) is 133 Å². The summed E-state index contributed by atoms with van der Waals surface area (Å²) in [6.07, 6.45) is 0. The molecule has 2 amide bonds. The number of nitrogens with zero attached hydrogens (tertiary/aromatic N) is 9. The lowest BCUT2D eigenvalue weighted by Gasteiger charge is -1.91. The number of benzene rings is 3. The molecule has 0 radical (unpaired) electrons. The van der Waals surface area contributed by atoms with Gasteiger partial charge >= 0.3 is 5.97 Å². The van der Waals surface area contributed by atoms with Gasteiger partial charge in [0, 0.05) is 44.7 Å². The Morgan fingerprint density at radius 1 is 0.543 bits per heavy atom. The molecule has 0 saturated carbocycles. The van der Waals surface area contributed by atoms with Crippen LogP contribution in [-0.2, 0) is 0 Å². The van der Waals surface area contributed by atoms with Crippen molar-refractivity contribution in [2.75, 3.05) is 0 Å². The van der Waals surface area contributed by atoms with E-state index in [0.717, 1.165) is 16.7 Å². The van der Waals surface area contributed by atoms with Gasteiger partial charge in [0.2, 0.25) is 17.3 Å². The normalized spacial score (nSPS) is 9.65. The van der Waals surface area contributed by atoms with Crippen LogP contribution in [0.3, 0.4) is 0 Å². The largest absolute Gasteiger partial charge is 0.475 e. The van der Waals surface area contributed by atoms with Gasteiger partial charge in [-0.1, -0.05) is 106 Å². The Morgan fingerprint density at radius 3 is 1.13 bits per heavy atom. The summed E-state index contributed by atoms with van der Waals surface area (Å²) >= 11 is 0. The van der Waals surface area contributed by atoms with Crippen molar-refractivity contribution in [3.05, 3.63) is 147 Å². The monoisotopic (exact) mass is 617 g/mol. The first-order chi connectivity index (χ1) is 22.4. The number of aromatic carboxylic acids is 1. The van der Waals surface area contributed by atoms with Crippen LogP contribution < -0.4 is 0 Å². The summed E-state index contributed by atoms with van der Waals surface area (Å²) in [6, 6.07) is 32.0. The molecule has 6 rings (SSSR count). The Bertz CT molecular complexity index is 1920. The molecule has 3 aromatic heterocycles. The summed E-state index contributed by atoms with van der Waals surface area (Å²) in [5.74, 6) is -2.97. The Balaban J connectivity index is 0.000000157. The minimum atomic E-state index is -1.11. The second kappa shape index (κ2) is 15.8. The third-order valence-electron chi connectivity index (χ3n) is 5.64. The Kier molecular flexibility index (Phi) is 10.9. The quantitative estimate of drug-likeness (QED) is 0.109. The second-order valence-electron chi connectivity index (χ2n) is 8.62. The van der Waals surface area contributed by atoms with Crippen LogP contribution in [0.5, 0.6) is 0 Å². The van der Waals surface area contributed by atoms with Crippen molar-refractivity contribution in [1.29, 1.82) is 0 Å². The van der Waals surface area contributed by atoms with E-state index in [-0.39, 0.29) is 17.3 Å². The average molecular weight is 618 g/mol. The van der Waals surface area contributed by atoms with E-state index in [0.29, 0.717) is 17.1 Å². The topological polar surface area (TPSA) is 247 Å². The lowest BCUT2D eigenvalue weighted by atomic mass is 10.1. The highest BCUT2D eigenvalue weighted by Crippen LogP contribution is 2.20. The maximum atomic E-state index is 11.1. The van der Waals surface area contributed by atoms with Gasteiger partial charge in [-0.05, 0) is 21.3 Å². The van der Waals surface area contributed by atoms with Crippen molar-refractivity contribution in [1.82, 2.24) is 15.5 Å². The molecule has 3 heterocycles. The van der Waals surface area contributed by atoms with Gasteiger partial charge in [-0.2, -0.15) is 0 Å². The number of azide groups is 2. The fourth-order valence-electron chi connectivity index (χ4n) is 3.54. The summed E-state index contributed by atoms with van der Waals surface area (Å²) in [6.45, 7) is 0. The highest BCUT2D eigenvalue weighted by Gasteiger charge is 2.13. The molecule has 16 heteroatoms. The van der Waals surface area contributed by atoms with E-state index in [1.54, 1.807) is 0 Å². The SMILES string of the molecule is O=C(O)c1cc(-c2ccccc2)no1.[N-]=[N+]=NC(=O)c1cc(-c2ccccc2)no1.[N-]=[N+]=NC(=O)c1cc(-c2ccccc2)no1. The van der Waals surface area contributed by atoms with Crippen LogP contribution in [0.4, 0.5) is 0 Å². The standard InChI is InChI=1S/2C10H6N4O2.C10H7NO3/c2*11-14-12-10(15)9-6-8(13-16-9)7-4-2-1-3-5-7;12-10(13)9-6-8(11-14-9)7-4-2-1-3-5-7/h2*1-6H;1-6H,(H,12,13). The molecule has 6 aromatic rings. The zero-order valence-electron chi connectivity index (χ0n) is 23.3. The van der Waals surface area contributed by atoms with Crippen LogP contribution in [-0.4, -0.2) is 38.4 Å². The van der Waals surface area contributed by atoms with Crippen LogP contribution >= 0.6 is 0 Å². The average Bonchev–Trinajstić information content (AvgIpc) is 3.89. The number of rotatable bonds is 6. The molecule has 226 valence electrons. The van der Waals surface area contributed by atoms with Crippen molar-refractivity contribution in [2.24, 2.45) is 10.2 Å². The molecular weight excluding hydrogens is 598 g/mol. The van der Waals surface area contributed by atoms with E-state index < -0.39 is 17.8 Å². The minimum Gasteiger partial charge on any atom is -0.475 e. The second-order valence-corrected chi connectivity index (χ2v) is 8.62. The number of hydrogen-bond acceptors (Lipinski definition) is 9. The number of hydrogen-bond donors (Lipinski definition) is 1. The summed E-state index contributed by atoms with van der Waals surface area (Å²) < 4.78 is 14.2. The fraction of sp³-hybridized carbons (Fsp3) is 0. The van der Waals surface area contributed by atoms with Crippen molar-refractivity contribution in [3.63, 3.8) is 0 Å². The van der Waals surface area contributed by atoms with E-state index in [4.69, 9.17) is 25.2 Å². The van der Waals surface area contributed by atoms with E-state index in [2.05, 4.69) is 40.0 Å². The van der Waals surface area contributed by atoms with Gasteiger partial charge in [-0.3, -0.25) is 9.59 Å². The van der Waals surface area contributed by atoms with Gasteiger partial charge in [0.15, 0.2) is 0 Å². The van der Waals surface area contributed by atoms with Gasteiger partial charge in [-0.25, -0.2) is 4.79 Å². The predicted octanol–water partition coefficient (Wildman–Crippen LogP) is 7.62. The van der Waals surface area contributed by atoms with Gasteiger partial charge < -0.3 is 18.7 Å². The Labute approximate surface area is 257 Å². The maximum Gasteiger partial charge on any atom is 0.374 e. The molecule has 0 bridgehead atoms. The highest BCUT2D eigenvalue weighted by molar-refractivity contribution is 5.93. The van der Waals surface area contributed by atoms with Gasteiger partial charge in [0.25, 0.3) is 11.8 Å². The fourth-order valence-corrected chi connectivity index (χ4v) is 3.54. The van der Waals surface area contributed by atoms with E-state index in [9.17, 15) is 14.4 Å². The molecular formula is C30H19N9O7. The number of carbonyl (C=O) groups is 3. The molecule has 3 aromatic carbocycles. The molecule has 16 nitrogen and oxygen atoms in total. The molecule has 46 heavy (non-hydrogen) atoms. The van der Waals surface area contributed by atoms with E-state index in [1.807, 2.05) is 91.0 Å². The van der Waals surface area contributed by atoms with Crippen LogP contribution in [0, 0.1) is 0 Å². The maximum absolute atomic E-state index is 11.1. The van der Waals surface area contributed by atoms with E-state index >= 15 is 0 Å². The first-order valence-electron chi connectivity index (χ1n) is 12.9. The minimum absolute atomic E-state index is 0.0725. The zero-order valence-corrected chi connectivity index (χ0v) is 23.3. The highest BCUT2D eigenvalue weighted by atomic mass is 16.5. The molecule has 0 saturated heterocycles. The van der Waals surface area contributed by atoms with Gasteiger partial charge in [-0.15, -0.1) is 0 Å². The first-order valence-corrected chi connectivity index (χ1v) is 12.9. The summed E-state index contributed by atoms with van der Waals surface area (Å²) in [5, 5.41) is 25.5. The van der Waals surface area contributed by atoms with Crippen molar-refractivity contribution in [2.45, 2.75) is 0 Å². The summed E-state index contributed by atoms with van der Waals surface area (Å²) in [4.78, 5) is 37.5. The number of amides is 2. The van der Waals surface area contributed by atoms with E-state index in [1.165, 1.54) is 18.2 Å². The molecule has 0 aliphatic heterocycles. The lowest BCUT2D eigenvalue weighted by Crippen LogP contribution is -1.91. The number of carboxylic acid groups (broad SMARTS) is 1. The summed E-state index contributed by atoms with van der Waals surface area (Å²) in [5.41, 5.74) is 20.3. The molecule has 0 fully saturated rings. The molecule has 0 aliphatic rings. The van der Waals surface area contributed by atoms with Crippen molar-refractivity contribution < 1.29 is 33.1 Å². The number of aromatic nitrogens is 3. The molecule has 1 N–H and O–H groups in total. The Morgan fingerprint density at radius 2 is 0.848 bits per heavy atom. The van der Waals surface area contributed by atoms with Gasteiger partial charge in [0.05, 0.1) is 0 Å². The smallest absolute Gasteiger partial charge is 0.374 e. The lowest BCUT2D eigenvalue weighted by molar-refractivity contribution is 0.0651. The molecule has 0 unspecified atom stereocenters. The molecule has 0 atom stereocenters. The van der Waals surface area contributed by atoms with Crippen molar-refractivity contribution >= 4 is 17.8 Å². The number of carbonyl (C=O) groups excluding carboxylic acids is 2. The first kappa shape index (κ1) is 31.7.